The Kier molecular flexibility index (Phi) is 2.83. The molecule has 0 spiro atoms. The predicted molar refractivity (Wildman–Crippen MR) is 60.3 cm³/mol. The Hall–Kier alpha value is -1.61. The lowest BCUT2D eigenvalue weighted by molar-refractivity contribution is 0.528. The molecule has 15 heavy (non-hydrogen) atoms. The van der Waals surface area contributed by atoms with E-state index in [1.165, 1.54) is 5.56 Å². The molecule has 0 saturated heterocycles. The highest BCUT2D eigenvalue weighted by atomic mass is 15.3. The van der Waals surface area contributed by atoms with Crippen molar-refractivity contribution in [2.45, 2.75) is 19.5 Å². The van der Waals surface area contributed by atoms with Crippen LogP contribution in [0.15, 0.2) is 42.7 Å². The number of nitrogens with zero attached hydrogens (tertiary/aromatic N) is 2. The molecule has 1 atom stereocenters. The second-order valence-corrected chi connectivity index (χ2v) is 3.75. The summed E-state index contributed by atoms with van der Waals surface area (Å²) in [5.74, 6) is 0. The molecule has 1 aromatic carbocycles. The molecule has 0 bridgehead atoms. The van der Waals surface area contributed by atoms with Crippen LogP contribution >= 0.6 is 0 Å². The van der Waals surface area contributed by atoms with Gasteiger partial charge in [-0.25, -0.2) is 0 Å². The molecule has 0 radical (unpaired) electrons. The standard InChI is InChI=1S/C12H15N3/c1-10-3-5-11(6-4-10)12(13)9-15-8-2-7-14-15/h2-8,12H,9,13H2,1H3. The van der Waals surface area contributed by atoms with E-state index in [4.69, 9.17) is 5.73 Å². The molecule has 3 nitrogen and oxygen atoms in total. The number of rotatable bonds is 3. The van der Waals surface area contributed by atoms with Gasteiger partial charge < -0.3 is 5.73 Å². The average Bonchev–Trinajstić information content (AvgIpc) is 2.71. The molecule has 0 aliphatic carbocycles. The number of nitrogens with two attached hydrogens (primary N) is 1. The van der Waals surface area contributed by atoms with E-state index in [9.17, 15) is 0 Å². The minimum absolute atomic E-state index is 0.00509. The fraction of sp³-hybridized carbons (Fsp3) is 0.250. The Bertz CT molecular complexity index is 403. The van der Waals surface area contributed by atoms with Crippen LogP contribution in [-0.2, 0) is 6.54 Å². The van der Waals surface area contributed by atoms with Crippen LogP contribution in [0.4, 0.5) is 0 Å². The quantitative estimate of drug-likeness (QED) is 0.824. The van der Waals surface area contributed by atoms with Crippen molar-refractivity contribution in [1.29, 1.82) is 0 Å². The molecule has 2 rings (SSSR count). The molecule has 0 aliphatic rings. The van der Waals surface area contributed by atoms with Crippen LogP contribution in [0.25, 0.3) is 0 Å². The molecule has 2 N–H and O–H groups in total. The molecule has 1 aromatic heterocycles. The largest absolute Gasteiger partial charge is 0.322 e. The van der Waals surface area contributed by atoms with Gasteiger partial charge in [-0.3, -0.25) is 4.68 Å². The monoisotopic (exact) mass is 201 g/mol. The first-order valence-corrected chi connectivity index (χ1v) is 5.05. The van der Waals surface area contributed by atoms with Crippen LogP contribution in [0.1, 0.15) is 17.2 Å². The van der Waals surface area contributed by atoms with Crippen molar-refractivity contribution in [3.8, 4) is 0 Å². The van der Waals surface area contributed by atoms with Gasteiger partial charge in [0.2, 0.25) is 0 Å². The summed E-state index contributed by atoms with van der Waals surface area (Å²) in [6.45, 7) is 2.79. The van der Waals surface area contributed by atoms with E-state index < -0.39 is 0 Å². The first-order chi connectivity index (χ1) is 7.25. The van der Waals surface area contributed by atoms with Gasteiger partial charge in [0.25, 0.3) is 0 Å². The molecule has 0 fully saturated rings. The maximum absolute atomic E-state index is 6.08. The van der Waals surface area contributed by atoms with Crippen molar-refractivity contribution in [1.82, 2.24) is 9.78 Å². The van der Waals surface area contributed by atoms with Crippen molar-refractivity contribution in [2.24, 2.45) is 5.73 Å². The van der Waals surface area contributed by atoms with Crippen molar-refractivity contribution in [3.63, 3.8) is 0 Å². The fourth-order valence-corrected chi connectivity index (χ4v) is 1.53. The Labute approximate surface area is 89.5 Å². The van der Waals surface area contributed by atoms with E-state index >= 15 is 0 Å². The number of benzene rings is 1. The summed E-state index contributed by atoms with van der Waals surface area (Å²) >= 11 is 0. The van der Waals surface area contributed by atoms with Crippen LogP contribution in [0.2, 0.25) is 0 Å². The van der Waals surface area contributed by atoms with Gasteiger partial charge in [-0.05, 0) is 18.6 Å². The van der Waals surface area contributed by atoms with Crippen LogP contribution < -0.4 is 5.73 Å². The molecule has 0 amide bonds. The molecule has 78 valence electrons. The van der Waals surface area contributed by atoms with E-state index in [1.807, 2.05) is 16.9 Å². The maximum atomic E-state index is 6.08. The van der Waals surface area contributed by atoms with Gasteiger partial charge in [-0.2, -0.15) is 5.10 Å². The van der Waals surface area contributed by atoms with Crippen molar-refractivity contribution >= 4 is 0 Å². The number of aromatic nitrogens is 2. The topological polar surface area (TPSA) is 43.8 Å². The lowest BCUT2D eigenvalue weighted by Crippen LogP contribution is -2.17. The summed E-state index contributed by atoms with van der Waals surface area (Å²) in [5.41, 5.74) is 8.48. The summed E-state index contributed by atoms with van der Waals surface area (Å²) in [7, 11) is 0. The van der Waals surface area contributed by atoms with Crippen LogP contribution in [0.3, 0.4) is 0 Å². The Morgan fingerprint density at radius 1 is 1.33 bits per heavy atom. The van der Waals surface area contributed by atoms with Crippen molar-refractivity contribution in [3.05, 3.63) is 53.9 Å². The number of hydrogen-bond donors (Lipinski definition) is 1. The zero-order valence-corrected chi connectivity index (χ0v) is 8.80. The molecule has 0 aliphatic heterocycles. The van der Waals surface area contributed by atoms with Crippen molar-refractivity contribution < 1.29 is 0 Å². The van der Waals surface area contributed by atoms with Gasteiger partial charge in [-0.15, -0.1) is 0 Å². The molecular formula is C12H15N3. The van der Waals surface area contributed by atoms with E-state index in [-0.39, 0.29) is 6.04 Å². The summed E-state index contributed by atoms with van der Waals surface area (Å²) in [6, 6.07) is 10.2. The summed E-state index contributed by atoms with van der Waals surface area (Å²) < 4.78 is 1.85. The van der Waals surface area contributed by atoms with E-state index in [2.05, 4.69) is 36.3 Å². The first-order valence-electron chi connectivity index (χ1n) is 5.05. The Morgan fingerprint density at radius 2 is 2.07 bits per heavy atom. The maximum Gasteiger partial charge on any atom is 0.0602 e. The minimum Gasteiger partial charge on any atom is -0.322 e. The molecule has 0 saturated carbocycles. The average molecular weight is 201 g/mol. The molecular weight excluding hydrogens is 186 g/mol. The molecule has 1 unspecified atom stereocenters. The van der Waals surface area contributed by atoms with E-state index in [1.54, 1.807) is 6.20 Å². The Morgan fingerprint density at radius 3 is 2.67 bits per heavy atom. The van der Waals surface area contributed by atoms with Crippen LogP contribution in [-0.4, -0.2) is 9.78 Å². The lowest BCUT2D eigenvalue weighted by atomic mass is 10.1. The smallest absolute Gasteiger partial charge is 0.0602 e. The summed E-state index contributed by atoms with van der Waals surface area (Å²) in [5, 5.41) is 4.14. The van der Waals surface area contributed by atoms with Gasteiger partial charge in [0.15, 0.2) is 0 Å². The lowest BCUT2D eigenvalue weighted by Gasteiger charge is -2.12. The normalized spacial score (nSPS) is 12.7. The van der Waals surface area contributed by atoms with E-state index in [0.717, 1.165) is 12.1 Å². The number of aryl methyl sites for hydroxylation is 1. The van der Waals surface area contributed by atoms with Gasteiger partial charge in [0, 0.05) is 18.4 Å². The van der Waals surface area contributed by atoms with Gasteiger partial charge in [0.05, 0.1) is 6.54 Å². The molecule has 2 aromatic rings. The minimum atomic E-state index is 0.00509. The van der Waals surface area contributed by atoms with Gasteiger partial charge in [0.1, 0.15) is 0 Å². The summed E-state index contributed by atoms with van der Waals surface area (Å²) in [6.07, 6.45) is 3.69. The predicted octanol–water partition coefficient (Wildman–Crippen LogP) is 1.89. The Balaban J connectivity index is 2.08. The second kappa shape index (κ2) is 4.28. The van der Waals surface area contributed by atoms with Crippen molar-refractivity contribution in [2.75, 3.05) is 0 Å². The fourth-order valence-electron chi connectivity index (χ4n) is 1.53. The zero-order chi connectivity index (χ0) is 10.7. The third kappa shape index (κ3) is 2.44. The SMILES string of the molecule is Cc1ccc(C(N)Cn2cccn2)cc1. The van der Waals surface area contributed by atoms with Crippen LogP contribution in [0, 0.1) is 6.92 Å². The highest BCUT2D eigenvalue weighted by Gasteiger charge is 2.05. The first kappa shape index (κ1) is 9.93. The highest BCUT2D eigenvalue weighted by molar-refractivity contribution is 5.23. The van der Waals surface area contributed by atoms with Gasteiger partial charge in [-0.1, -0.05) is 29.8 Å². The van der Waals surface area contributed by atoms with Crippen LogP contribution in [0.5, 0.6) is 0 Å². The molecule has 3 heteroatoms. The third-order valence-corrected chi connectivity index (χ3v) is 2.45. The highest BCUT2D eigenvalue weighted by Crippen LogP contribution is 2.12. The molecule has 1 heterocycles. The zero-order valence-electron chi connectivity index (χ0n) is 8.80. The number of hydrogen-bond acceptors (Lipinski definition) is 2. The third-order valence-electron chi connectivity index (χ3n) is 2.45. The van der Waals surface area contributed by atoms with Gasteiger partial charge >= 0.3 is 0 Å². The second-order valence-electron chi connectivity index (χ2n) is 3.75. The van der Waals surface area contributed by atoms with E-state index in [0.29, 0.717) is 0 Å². The summed E-state index contributed by atoms with van der Waals surface area (Å²) in [4.78, 5) is 0.